The molecule has 0 spiro atoms. The summed E-state index contributed by atoms with van der Waals surface area (Å²) in [5, 5.41) is 20.6. The number of nitrogens with zero attached hydrogens (tertiary/aromatic N) is 4. The normalized spacial score (nSPS) is 24.2. The zero-order valence-electron chi connectivity index (χ0n) is 20.1. The van der Waals surface area contributed by atoms with Crippen LogP contribution in [0.2, 0.25) is 0 Å². The highest BCUT2D eigenvalue weighted by atomic mass is 16.5. The van der Waals surface area contributed by atoms with Crippen molar-refractivity contribution >= 4 is 28.8 Å². The van der Waals surface area contributed by atoms with Crippen molar-refractivity contribution in [3.8, 4) is 0 Å². The number of fused-ring (bicyclic) bond motifs is 1. The summed E-state index contributed by atoms with van der Waals surface area (Å²) in [6, 6.07) is 5.00. The minimum atomic E-state index is -0.503. The highest BCUT2D eigenvalue weighted by Gasteiger charge is 2.31. The molecular weight excluding hydrogens is 448 g/mol. The molecule has 3 N–H and O–H groups in total. The van der Waals surface area contributed by atoms with Crippen molar-refractivity contribution < 1.29 is 14.6 Å². The van der Waals surface area contributed by atoms with Crippen LogP contribution in [0.15, 0.2) is 35.4 Å². The van der Waals surface area contributed by atoms with Gasteiger partial charge in [0.05, 0.1) is 30.0 Å². The van der Waals surface area contributed by atoms with Crippen LogP contribution in [0.4, 0.5) is 17.3 Å². The highest BCUT2D eigenvalue weighted by molar-refractivity contribution is 6.01. The maximum absolute atomic E-state index is 13.2. The van der Waals surface area contributed by atoms with Gasteiger partial charge in [-0.1, -0.05) is 6.42 Å². The van der Waals surface area contributed by atoms with E-state index in [1.165, 1.54) is 0 Å². The molecule has 2 aliphatic carbocycles. The summed E-state index contributed by atoms with van der Waals surface area (Å²) in [6.07, 6.45) is 8.89. The molecule has 10 heteroatoms. The van der Waals surface area contributed by atoms with Crippen molar-refractivity contribution in [3.63, 3.8) is 0 Å². The monoisotopic (exact) mass is 480 g/mol. The quantitative estimate of drug-likeness (QED) is 0.420. The van der Waals surface area contributed by atoms with Crippen LogP contribution in [-0.2, 0) is 4.74 Å². The molecule has 10 nitrogen and oxygen atoms in total. The van der Waals surface area contributed by atoms with Gasteiger partial charge < -0.3 is 25.0 Å². The SMILES string of the molecule is CNc1cc(Nc2cccn([C@H]3CC[C@@H]3O)c2=O)nc2c(C(=O)C[C@@H]3CCC[C@@H](OC)C3)cnn12. The second-order valence-corrected chi connectivity index (χ2v) is 9.56. The Balaban J connectivity index is 1.43. The van der Waals surface area contributed by atoms with Gasteiger partial charge in [0.15, 0.2) is 11.4 Å². The van der Waals surface area contributed by atoms with Crippen molar-refractivity contribution in [2.24, 2.45) is 5.92 Å². The first kappa shape index (κ1) is 23.5. The van der Waals surface area contributed by atoms with Crippen LogP contribution in [0.1, 0.15) is 61.3 Å². The van der Waals surface area contributed by atoms with Gasteiger partial charge in [-0.15, -0.1) is 0 Å². The van der Waals surface area contributed by atoms with E-state index < -0.39 is 6.10 Å². The summed E-state index contributed by atoms with van der Waals surface area (Å²) in [5.41, 5.74) is 1.03. The molecule has 0 radical (unpaired) electrons. The van der Waals surface area contributed by atoms with Gasteiger partial charge in [0.1, 0.15) is 17.3 Å². The molecule has 35 heavy (non-hydrogen) atoms. The molecule has 2 aliphatic rings. The lowest BCUT2D eigenvalue weighted by Crippen LogP contribution is -2.39. The second-order valence-electron chi connectivity index (χ2n) is 9.56. The Hall–Kier alpha value is -3.24. The number of aliphatic hydroxyl groups is 1. The van der Waals surface area contributed by atoms with Gasteiger partial charge in [0.2, 0.25) is 0 Å². The van der Waals surface area contributed by atoms with Crippen LogP contribution in [0.3, 0.4) is 0 Å². The summed E-state index contributed by atoms with van der Waals surface area (Å²) in [7, 11) is 3.50. The third-order valence-corrected chi connectivity index (χ3v) is 7.37. The van der Waals surface area contributed by atoms with Gasteiger partial charge in [-0.3, -0.25) is 9.59 Å². The average molecular weight is 481 g/mol. The van der Waals surface area contributed by atoms with Crippen molar-refractivity contribution in [1.29, 1.82) is 0 Å². The predicted octanol–water partition coefficient (Wildman–Crippen LogP) is 3.15. The highest BCUT2D eigenvalue weighted by Crippen LogP contribution is 2.32. The number of rotatable bonds is 8. The van der Waals surface area contributed by atoms with Crippen LogP contribution in [0.25, 0.3) is 5.65 Å². The van der Waals surface area contributed by atoms with Crippen LogP contribution < -0.4 is 16.2 Å². The van der Waals surface area contributed by atoms with Gasteiger partial charge in [0.25, 0.3) is 5.56 Å². The van der Waals surface area contributed by atoms with E-state index in [-0.39, 0.29) is 29.4 Å². The number of nitrogens with one attached hydrogen (secondary N) is 2. The lowest BCUT2D eigenvalue weighted by Gasteiger charge is -2.34. The van der Waals surface area contributed by atoms with Gasteiger partial charge in [-0.05, 0) is 50.2 Å². The van der Waals surface area contributed by atoms with Crippen molar-refractivity contribution in [3.05, 3.63) is 46.5 Å². The van der Waals surface area contributed by atoms with Crippen molar-refractivity contribution in [2.75, 3.05) is 24.8 Å². The number of ether oxygens (including phenoxy) is 1. The summed E-state index contributed by atoms with van der Waals surface area (Å²) in [4.78, 5) is 30.9. The maximum atomic E-state index is 13.2. The van der Waals surface area contributed by atoms with E-state index in [9.17, 15) is 14.7 Å². The second kappa shape index (κ2) is 9.79. The third-order valence-electron chi connectivity index (χ3n) is 7.37. The number of anilines is 3. The zero-order chi connectivity index (χ0) is 24.5. The fourth-order valence-electron chi connectivity index (χ4n) is 5.21. The van der Waals surface area contributed by atoms with Gasteiger partial charge in [0, 0.05) is 32.8 Å². The lowest BCUT2D eigenvalue weighted by atomic mass is 9.83. The van der Waals surface area contributed by atoms with Gasteiger partial charge in [-0.25, -0.2) is 4.98 Å². The van der Waals surface area contributed by atoms with Crippen molar-refractivity contribution in [2.45, 2.75) is 63.2 Å². The smallest absolute Gasteiger partial charge is 0.274 e. The van der Waals surface area contributed by atoms with E-state index in [2.05, 4.69) is 20.7 Å². The minimum Gasteiger partial charge on any atom is -0.391 e. The molecule has 0 unspecified atom stereocenters. The molecule has 0 saturated heterocycles. The number of carbonyl (C=O) groups excluding carboxylic acids is 1. The van der Waals surface area contributed by atoms with Gasteiger partial charge >= 0.3 is 0 Å². The Kier molecular flexibility index (Phi) is 6.57. The molecule has 2 fully saturated rings. The number of carbonyl (C=O) groups is 1. The van der Waals surface area contributed by atoms with Gasteiger partial charge in [-0.2, -0.15) is 9.61 Å². The Morgan fingerprint density at radius 2 is 2.14 bits per heavy atom. The van der Waals surface area contributed by atoms with Crippen LogP contribution >= 0.6 is 0 Å². The molecule has 3 aromatic heterocycles. The molecule has 4 atom stereocenters. The first-order valence-electron chi connectivity index (χ1n) is 12.3. The Labute approximate surface area is 203 Å². The van der Waals surface area contributed by atoms with E-state index in [1.54, 1.807) is 53.8 Å². The number of hydrogen-bond donors (Lipinski definition) is 3. The molecule has 5 rings (SSSR count). The predicted molar refractivity (Wildman–Crippen MR) is 132 cm³/mol. The van der Waals surface area contributed by atoms with Crippen LogP contribution in [0.5, 0.6) is 0 Å². The largest absolute Gasteiger partial charge is 0.391 e. The van der Waals surface area contributed by atoms with E-state index >= 15 is 0 Å². The van der Waals surface area contributed by atoms with E-state index in [0.29, 0.717) is 41.4 Å². The molecule has 0 aromatic carbocycles. The molecule has 186 valence electrons. The van der Waals surface area contributed by atoms with E-state index in [0.717, 1.165) is 32.1 Å². The third kappa shape index (κ3) is 4.55. The summed E-state index contributed by atoms with van der Waals surface area (Å²) >= 11 is 0. The Morgan fingerprint density at radius 3 is 2.86 bits per heavy atom. The van der Waals surface area contributed by atoms with Crippen LogP contribution in [0, 0.1) is 5.92 Å². The fourth-order valence-corrected chi connectivity index (χ4v) is 5.21. The number of aromatic nitrogens is 4. The lowest BCUT2D eigenvalue weighted by molar-refractivity contribution is 0.0300. The number of Topliss-reactive ketones (excluding diaryl/α,β-unsaturated/α-hetero) is 1. The van der Waals surface area contributed by atoms with Crippen LogP contribution in [-0.4, -0.2) is 56.4 Å². The number of ketones is 1. The fraction of sp³-hybridized carbons (Fsp3) is 0.520. The number of hydrogen-bond acceptors (Lipinski definition) is 8. The summed E-state index contributed by atoms with van der Waals surface area (Å²) in [6.45, 7) is 0. The molecule has 0 bridgehead atoms. The summed E-state index contributed by atoms with van der Waals surface area (Å²) < 4.78 is 8.69. The molecule has 0 aliphatic heterocycles. The molecular formula is C25H32N6O4. The van der Waals surface area contributed by atoms with Crippen molar-refractivity contribution in [1.82, 2.24) is 19.2 Å². The van der Waals surface area contributed by atoms with E-state index in [4.69, 9.17) is 4.74 Å². The Morgan fingerprint density at radius 1 is 1.29 bits per heavy atom. The molecule has 3 heterocycles. The average Bonchev–Trinajstić information content (AvgIpc) is 3.29. The molecule has 2 saturated carbocycles. The number of methoxy groups -OCH3 is 1. The molecule has 3 aromatic rings. The Bertz CT molecular complexity index is 1280. The first-order valence-corrected chi connectivity index (χ1v) is 12.3. The minimum absolute atomic E-state index is 0.00879. The van der Waals surface area contributed by atoms with E-state index in [1.807, 2.05) is 0 Å². The maximum Gasteiger partial charge on any atom is 0.274 e. The number of aliphatic hydroxyl groups excluding tert-OH is 1. The summed E-state index contributed by atoms with van der Waals surface area (Å²) in [5.74, 6) is 1.36. The molecule has 0 amide bonds. The number of pyridine rings is 1. The standard InChI is InChI=1S/C25H32N6O4/c1-26-23-13-22(28-18-7-4-10-30(25(18)34)19-8-9-20(19)32)29-24-17(14-27-31(23)24)21(33)12-15-5-3-6-16(11-15)35-2/h4,7,10,13-16,19-20,26,32H,3,5-6,8-9,11-12H2,1-2H3,(H,28,29)/t15-,16-,19+,20+/m1/s1. The zero-order valence-corrected chi connectivity index (χ0v) is 20.1. The first-order chi connectivity index (χ1) is 17.0. The topological polar surface area (TPSA) is 123 Å².